The van der Waals surface area contributed by atoms with E-state index in [1.165, 1.54) is 14.0 Å². The Kier molecular flexibility index (Phi) is 7.91. The zero-order valence-electron chi connectivity index (χ0n) is 9.98. The maximum absolute atomic E-state index is 11.9. The van der Waals surface area contributed by atoms with Gasteiger partial charge in [0.1, 0.15) is 0 Å². The molecule has 1 heterocycles. The Morgan fingerprint density at radius 2 is 1.47 bits per heavy atom. The molecule has 0 fully saturated rings. The molecule has 0 saturated carbocycles. The third-order valence-corrected chi connectivity index (χ3v) is 1.38. The van der Waals surface area contributed by atoms with Crippen LogP contribution >= 0.6 is 0 Å². The summed E-state index contributed by atoms with van der Waals surface area (Å²) < 4.78 is 36.9. The van der Waals surface area contributed by atoms with Crippen LogP contribution in [0.2, 0.25) is 0 Å². The molecule has 0 saturated heterocycles. The lowest BCUT2D eigenvalue weighted by molar-refractivity contribution is -0.141. The Labute approximate surface area is 88.3 Å². The molecule has 0 aromatic carbocycles. The van der Waals surface area contributed by atoms with Gasteiger partial charge in [0.2, 0.25) is 0 Å². The third kappa shape index (κ3) is 4.80. The van der Waals surface area contributed by atoms with Crippen LogP contribution in [0.5, 0.6) is 0 Å². The zero-order valence-corrected chi connectivity index (χ0v) is 9.98. The average Bonchev–Trinajstić information content (AvgIpc) is 2.53. The summed E-state index contributed by atoms with van der Waals surface area (Å²) in [5.74, 6) is 0. The van der Waals surface area contributed by atoms with E-state index in [1.807, 2.05) is 27.7 Å². The molecule has 0 N–H and O–H groups in total. The van der Waals surface area contributed by atoms with Crippen molar-refractivity contribution in [1.29, 1.82) is 0 Å². The van der Waals surface area contributed by atoms with Crippen LogP contribution in [0.3, 0.4) is 0 Å². The standard InChI is InChI=1S/C5H6F3N3.2C2H6/c1-3-4(5(6,7)8)9-10-11(3)2;2*1-2/h1-2H3;2*1-2H3. The maximum Gasteiger partial charge on any atom is 0.437 e. The second kappa shape index (κ2) is 7.25. The summed E-state index contributed by atoms with van der Waals surface area (Å²) in [6.07, 6.45) is -4.39. The first-order valence-corrected chi connectivity index (χ1v) is 4.86. The second-order valence-corrected chi connectivity index (χ2v) is 2.14. The molecule has 0 aliphatic heterocycles. The maximum atomic E-state index is 11.9. The number of hydrogen-bond donors (Lipinski definition) is 0. The Bertz CT molecular complexity index is 266. The van der Waals surface area contributed by atoms with Gasteiger partial charge in [-0.25, -0.2) is 0 Å². The van der Waals surface area contributed by atoms with Crippen LogP contribution in [-0.4, -0.2) is 15.0 Å². The molecular formula is C9H18F3N3. The Morgan fingerprint density at radius 1 is 1.07 bits per heavy atom. The molecule has 1 rings (SSSR count). The lowest BCUT2D eigenvalue weighted by atomic mass is 10.3. The normalized spacial score (nSPS) is 9.67. The minimum Gasteiger partial charge on any atom is -0.252 e. The van der Waals surface area contributed by atoms with Crippen molar-refractivity contribution in [2.75, 3.05) is 0 Å². The van der Waals surface area contributed by atoms with Gasteiger partial charge in [-0.05, 0) is 6.92 Å². The van der Waals surface area contributed by atoms with Gasteiger partial charge < -0.3 is 0 Å². The monoisotopic (exact) mass is 225 g/mol. The largest absolute Gasteiger partial charge is 0.437 e. The van der Waals surface area contributed by atoms with Crippen molar-refractivity contribution in [3.8, 4) is 0 Å². The van der Waals surface area contributed by atoms with Crippen molar-refractivity contribution in [2.45, 2.75) is 40.8 Å². The minimum atomic E-state index is -4.39. The number of rotatable bonds is 0. The predicted octanol–water partition coefficient (Wildman–Crippen LogP) is 3.19. The molecule has 15 heavy (non-hydrogen) atoms. The van der Waals surface area contributed by atoms with Gasteiger partial charge in [0.15, 0.2) is 5.69 Å². The quantitative estimate of drug-likeness (QED) is 0.678. The van der Waals surface area contributed by atoms with Crippen LogP contribution in [0.1, 0.15) is 39.1 Å². The summed E-state index contributed by atoms with van der Waals surface area (Å²) >= 11 is 0. The van der Waals surface area contributed by atoms with Crippen molar-refractivity contribution in [3.05, 3.63) is 11.4 Å². The van der Waals surface area contributed by atoms with Crippen LogP contribution in [0, 0.1) is 6.92 Å². The van der Waals surface area contributed by atoms with E-state index in [4.69, 9.17) is 0 Å². The van der Waals surface area contributed by atoms with Crippen molar-refractivity contribution in [3.63, 3.8) is 0 Å². The smallest absolute Gasteiger partial charge is 0.252 e. The van der Waals surface area contributed by atoms with Gasteiger partial charge >= 0.3 is 6.18 Å². The molecule has 1 aromatic heterocycles. The lowest BCUT2D eigenvalue weighted by Crippen LogP contribution is -2.08. The fourth-order valence-corrected chi connectivity index (χ4v) is 0.666. The van der Waals surface area contributed by atoms with E-state index in [0.29, 0.717) is 0 Å². The second-order valence-electron chi connectivity index (χ2n) is 2.14. The summed E-state index contributed by atoms with van der Waals surface area (Å²) in [6.45, 7) is 9.32. The van der Waals surface area contributed by atoms with Crippen LogP contribution in [-0.2, 0) is 13.2 Å². The first-order chi connectivity index (χ1) is 6.93. The molecule has 3 nitrogen and oxygen atoms in total. The molecule has 0 aliphatic carbocycles. The predicted molar refractivity (Wildman–Crippen MR) is 53.4 cm³/mol. The highest BCUT2D eigenvalue weighted by Gasteiger charge is 2.36. The molecular weight excluding hydrogens is 207 g/mol. The highest BCUT2D eigenvalue weighted by atomic mass is 19.4. The van der Waals surface area contributed by atoms with Crippen molar-refractivity contribution >= 4 is 0 Å². The highest BCUT2D eigenvalue weighted by molar-refractivity contribution is 5.10. The number of aryl methyl sites for hydroxylation is 1. The van der Waals surface area contributed by atoms with Crippen molar-refractivity contribution in [1.82, 2.24) is 15.0 Å². The molecule has 0 aliphatic rings. The van der Waals surface area contributed by atoms with Gasteiger partial charge in [-0.3, -0.25) is 4.68 Å². The van der Waals surface area contributed by atoms with E-state index in [1.54, 1.807) is 0 Å². The van der Waals surface area contributed by atoms with Crippen LogP contribution < -0.4 is 0 Å². The number of aromatic nitrogens is 3. The van der Waals surface area contributed by atoms with Crippen LogP contribution in [0.15, 0.2) is 0 Å². The van der Waals surface area contributed by atoms with Gasteiger partial charge in [-0.1, -0.05) is 32.9 Å². The number of alkyl halides is 3. The molecule has 0 radical (unpaired) electrons. The van der Waals surface area contributed by atoms with Gasteiger partial charge in [0.25, 0.3) is 0 Å². The summed E-state index contributed by atoms with van der Waals surface area (Å²) in [6, 6.07) is 0. The number of halogens is 3. The summed E-state index contributed by atoms with van der Waals surface area (Å²) in [5, 5.41) is 6.20. The molecule has 0 atom stereocenters. The van der Waals surface area contributed by atoms with Crippen molar-refractivity contribution in [2.24, 2.45) is 7.05 Å². The molecule has 0 bridgehead atoms. The SMILES string of the molecule is CC.CC.Cc1c(C(F)(F)F)nnn1C. The van der Waals surface area contributed by atoms with E-state index in [2.05, 4.69) is 10.3 Å². The molecule has 6 heteroatoms. The molecule has 0 amide bonds. The first kappa shape index (κ1) is 16.4. The highest BCUT2D eigenvalue weighted by Crippen LogP contribution is 2.28. The first-order valence-electron chi connectivity index (χ1n) is 4.86. The topological polar surface area (TPSA) is 30.7 Å². The summed E-state index contributed by atoms with van der Waals surface area (Å²) in [5.41, 5.74) is -0.891. The average molecular weight is 225 g/mol. The van der Waals surface area contributed by atoms with Gasteiger partial charge in [0.05, 0.1) is 5.69 Å². The molecule has 0 unspecified atom stereocenters. The van der Waals surface area contributed by atoms with Gasteiger partial charge in [-0.15, -0.1) is 5.10 Å². The number of nitrogens with zero attached hydrogens (tertiary/aromatic N) is 3. The minimum absolute atomic E-state index is 0.0255. The van der Waals surface area contributed by atoms with Crippen molar-refractivity contribution < 1.29 is 13.2 Å². The zero-order chi connectivity index (χ0) is 12.6. The van der Waals surface area contributed by atoms with Gasteiger partial charge in [0, 0.05) is 7.05 Å². The fourth-order valence-electron chi connectivity index (χ4n) is 0.666. The summed E-state index contributed by atoms with van der Waals surface area (Å²) in [4.78, 5) is 0. The van der Waals surface area contributed by atoms with Gasteiger partial charge in [-0.2, -0.15) is 13.2 Å². The van der Waals surface area contributed by atoms with E-state index >= 15 is 0 Å². The fraction of sp³-hybridized carbons (Fsp3) is 0.778. The van der Waals surface area contributed by atoms with Crippen LogP contribution in [0.25, 0.3) is 0 Å². The van der Waals surface area contributed by atoms with Crippen LogP contribution in [0.4, 0.5) is 13.2 Å². The molecule has 90 valence electrons. The molecule has 0 spiro atoms. The Hall–Kier alpha value is -1.07. The van der Waals surface area contributed by atoms with E-state index < -0.39 is 11.9 Å². The summed E-state index contributed by atoms with van der Waals surface area (Å²) in [7, 11) is 1.41. The number of hydrogen-bond acceptors (Lipinski definition) is 2. The third-order valence-electron chi connectivity index (χ3n) is 1.38. The van der Waals surface area contributed by atoms with E-state index in [0.717, 1.165) is 4.68 Å². The lowest BCUT2D eigenvalue weighted by Gasteiger charge is -2.01. The Balaban J connectivity index is 0. The Morgan fingerprint density at radius 3 is 1.60 bits per heavy atom. The van der Waals surface area contributed by atoms with E-state index in [9.17, 15) is 13.2 Å². The molecule has 1 aromatic rings. The van der Waals surface area contributed by atoms with E-state index in [-0.39, 0.29) is 5.69 Å².